The van der Waals surface area contributed by atoms with Crippen LogP contribution >= 0.6 is 0 Å². The molecule has 0 unspecified atom stereocenters. The van der Waals surface area contributed by atoms with Gasteiger partial charge in [0.15, 0.2) is 0 Å². The molecule has 0 aromatic carbocycles. The van der Waals surface area contributed by atoms with Gasteiger partial charge in [-0.2, -0.15) is 0 Å². The molecule has 0 bridgehead atoms. The molecule has 2 aliphatic heterocycles. The fourth-order valence-corrected chi connectivity index (χ4v) is 1.62. The second-order valence-corrected chi connectivity index (χ2v) is 2.68. The van der Waals surface area contributed by atoms with E-state index in [2.05, 4.69) is 5.32 Å². The molecule has 0 radical (unpaired) electrons. The van der Waals surface area contributed by atoms with Crippen LogP contribution in [0.25, 0.3) is 0 Å². The molecule has 1 N–H and O–H groups in total. The van der Waals surface area contributed by atoms with Gasteiger partial charge in [-0.3, -0.25) is 0 Å². The van der Waals surface area contributed by atoms with Crippen molar-refractivity contribution in [1.29, 1.82) is 0 Å². The lowest BCUT2D eigenvalue weighted by molar-refractivity contribution is 0.216. The van der Waals surface area contributed by atoms with Gasteiger partial charge >= 0.3 is 6.03 Å². The molecule has 3 nitrogen and oxygen atoms in total. The fraction of sp³-hybridized carbons (Fsp3) is 0.833. The molecule has 0 aromatic heterocycles. The Kier molecular flexibility index (Phi) is 0.917. The zero-order valence-corrected chi connectivity index (χ0v) is 5.26. The van der Waals surface area contributed by atoms with Gasteiger partial charge in [0.05, 0.1) is 6.04 Å². The molecule has 2 amide bonds. The van der Waals surface area contributed by atoms with Gasteiger partial charge in [0.2, 0.25) is 0 Å². The number of nitrogens with one attached hydrogen (secondary N) is 1. The number of hydrogen-bond acceptors (Lipinski definition) is 1. The minimum atomic E-state index is 0.137. The lowest BCUT2D eigenvalue weighted by Gasteiger charge is -2.10. The smallest absolute Gasteiger partial charge is 0.317 e. The molecule has 2 fully saturated rings. The summed E-state index contributed by atoms with van der Waals surface area (Å²) in [6.45, 7) is 1.84. The number of fused-ring (bicyclic) bond motifs is 1. The molecule has 0 aliphatic carbocycles. The minimum Gasteiger partial charge on any atom is -0.336 e. The first kappa shape index (κ1) is 5.09. The van der Waals surface area contributed by atoms with Crippen molar-refractivity contribution in [2.75, 3.05) is 13.1 Å². The molecule has 9 heavy (non-hydrogen) atoms. The molecule has 0 spiro atoms. The Hall–Kier alpha value is -0.730. The van der Waals surface area contributed by atoms with Crippen LogP contribution < -0.4 is 5.32 Å². The molecular weight excluding hydrogens is 116 g/mol. The highest BCUT2D eigenvalue weighted by atomic mass is 16.2. The summed E-state index contributed by atoms with van der Waals surface area (Å²) in [4.78, 5) is 12.8. The van der Waals surface area contributed by atoms with Crippen LogP contribution in [0.1, 0.15) is 12.8 Å². The molecule has 0 aromatic rings. The Bertz CT molecular complexity index is 146. The van der Waals surface area contributed by atoms with Gasteiger partial charge in [-0.1, -0.05) is 0 Å². The Labute approximate surface area is 54.0 Å². The maximum atomic E-state index is 10.9. The maximum absolute atomic E-state index is 10.9. The van der Waals surface area contributed by atoms with Gasteiger partial charge in [0.25, 0.3) is 0 Å². The van der Waals surface area contributed by atoms with Crippen LogP contribution in [0.5, 0.6) is 0 Å². The summed E-state index contributed by atoms with van der Waals surface area (Å²) < 4.78 is 0. The van der Waals surface area contributed by atoms with E-state index in [1.807, 2.05) is 4.90 Å². The van der Waals surface area contributed by atoms with Crippen LogP contribution in [0.3, 0.4) is 0 Å². The van der Waals surface area contributed by atoms with Crippen molar-refractivity contribution in [3.8, 4) is 0 Å². The Morgan fingerprint density at radius 3 is 3.33 bits per heavy atom. The second kappa shape index (κ2) is 1.62. The summed E-state index contributed by atoms with van der Waals surface area (Å²) in [7, 11) is 0. The lowest BCUT2D eigenvalue weighted by atomic mass is 10.2. The monoisotopic (exact) mass is 126 g/mol. The van der Waals surface area contributed by atoms with Gasteiger partial charge < -0.3 is 10.2 Å². The largest absolute Gasteiger partial charge is 0.336 e. The Morgan fingerprint density at radius 2 is 2.56 bits per heavy atom. The van der Waals surface area contributed by atoms with Crippen molar-refractivity contribution in [2.24, 2.45) is 0 Å². The van der Waals surface area contributed by atoms with Crippen LogP contribution in [-0.4, -0.2) is 30.1 Å². The van der Waals surface area contributed by atoms with E-state index >= 15 is 0 Å². The molecular formula is C6H10N2O. The molecule has 1 atom stereocenters. The van der Waals surface area contributed by atoms with Crippen LogP contribution in [0.15, 0.2) is 0 Å². The van der Waals surface area contributed by atoms with Crippen molar-refractivity contribution in [2.45, 2.75) is 18.9 Å². The van der Waals surface area contributed by atoms with Crippen LogP contribution in [0.4, 0.5) is 4.79 Å². The fourth-order valence-electron chi connectivity index (χ4n) is 1.62. The zero-order valence-electron chi connectivity index (χ0n) is 5.26. The van der Waals surface area contributed by atoms with E-state index in [9.17, 15) is 4.79 Å². The van der Waals surface area contributed by atoms with Crippen LogP contribution in [0, 0.1) is 0 Å². The van der Waals surface area contributed by atoms with E-state index in [-0.39, 0.29) is 6.03 Å². The maximum Gasteiger partial charge on any atom is 0.317 e. The van der Waals surface area contributed by atoms with E-state index in [0.29, 0.717) is 6.04 Å². The first-order chi connectivity index (χ1) is 4.38. The van der Waals surface area contributed by atoms with Crippen molar-refractivity contribution in [3.63, 3.8) is 0 Å². The Balaban J connectivity index is 2.15. The van der Waals surface area contributed by atoms with Gasteiger partial charge in [-0.05, 0) is 12.8 Å². The summed E-state index contributed by atoms with van der Waals surface area (Å²) in [5.41, 5.74) is 0. The number of urea groups is 1. The highest BCUT2D eigenvalue weighted by molar-refractivity contribution is 5.77. The third-order valence-corrected chi connectivity index (χ3v) is 2.13. The number of hydrogen-bond donors (Lipinski definition) is 1. The molecule has 2 saturated heterocycles. The van der Waals surface area contributed by atoms with E-state index in [1.165, 1.54) is 12.8 Å². The first-order valence-corrected chi connectivity index (χ1v) is 3.42. The predicted octanol–water partition coefficient (Wildman–Crippen LogP) is 0.174. The van der Waals surface area contributed by atoms with E-state index in [4.69, 9.17) is 0 Å². The van der Waals surface area contributed by atoms with Gasteiger partial charge in [0.1, 0.15) is 0 Å². The number of rotatable bonds is 0. The average Bonchev–Trinajstić information content (AvgIpc) is 2.35. The SMILES string of the molecule is O=C1NC[C@H]2CCCN12. The zero-order chi connectivity index (χ0) is 6.27. The summed E-state index contributed by atoms with van der Waals surface area (Å²) in [5.74, 6) is 0. The molecule has 2 aliphatic rings. The number of nitrogens with zero attached hydrogens (tertiary/aromatic N) is 1. The van der Waals surface area contributed by atoms with E-state index < -0.39 is 0 Å². The Morgan fingerprint density at radius 1 is 1.67 bits per heavy atom. The first-order valence-electron chi connectivity index (χ1n) is 3.42. The summed E-state index contributed by atoms with van der Waals surface area (Å²) in [6.07, 6.45) is 2.39. The van der Waals surface area contributed by atoms with Crippen molar-refractivity contribution < 1.29 is 4.79 Å². The number of carbonyl (C=O) groups excluding carboxylic acids is 1. The summed E-state index contributed by atoms with van der Waals surface area (Å²) in [5, 5.41) is 2.81. The summed E-state index contributed by atoms with van der Waals surface area (Å²) in [6, 6.07) is 0.662. The molecule has 2 rings (SSSR count). The van der Waals surface area contributed by atoms with Gasteiger partial charge in [0, 0.05) is 13.1 Å². The predicted molar refractivity (Wildman–Crippen MR) is 33.1 cm³/mol. The molecule has 0 saturated carbocycles. The number of carbonyl (C=O) groups is 1. The third-order valence-electron chi connectivity index (χ3n) is 2.13. The summed E-state index contributed by atoms with van der Waals surface area (Å²) >= 11 is 0. The second-order valence-electron chi connectivity index (χ2n) is 2.68. The van der Waals surface area contributed by atoms with Crippen molar-refractivity contribution >= 4 is 6.03 Å². The quantitative estimate of drug-likeness (QED) is 0.493. The average molecular weight is 126 g/mol. The molecule has 50 valence electrons. The highest BCUT2D eigenvalue weighted by Gasteiger charge is 2.33. The van der Waals surface area contributed by atoms with Gasteiger partial charge in [-0.25, -0.2) is 4.79 Å². The van der Waals surface area contributed by atoms with Crippen molar-refractivity contribution in [3.05, 3.63) is 0 Å². The molecule has 3 heteroatoms. The topological polar surface area (TPSA) is 32.3 Å². The van der Waals surface area contributed by atoms with Crippen LogP contribution in [-0.2, 0) is 0 Å². The highest BCUT2D eigenvalue weighted by Crippen LogP contribution is 2.19. The minimum absolute atomic E-state index is 0.137. The standard InChI is InChI=1S/C6H10N2O/c9-6-7-4-5-2-1-3-8(5)6/h5H,1-4H2,(H,7,9)/t5-/m1/s1. The lowest BCUT2D eigenvalue weighted by Crippen LogP contribution is -2.28. The normalized spacial score (nSPS) is 32.7. The van der Waals surface area contributed by atoms with Crippen LogP contribution in [0.2, 0.25) is 0 Å². The third kappa shape index (κ3) is 0.605. The molecule has 2 heterocycles. The van der Waals surface area contributed by atoms with E-state index in [0.717, 1.165) is 13.1 Å². The number of amides is 2. The van der Waals surface area contributed by atoms with E-state index in [1.54, 1.807) is 0 Å². The van der Waals surface area contributed by atoms with Crippen molar-refractivity contribution in [1.82, 2.24) is 10.2 Å². The van der Waals surface area contributed by atoms with Gasteiger partial charge in [-0.15, -0.1) is 0 Å².